The largest absolute Gasteiger partial charge is 0.464 e. The monoisotopic (exact) mass is 454 g/mol. The number of nitrogen functional groups attached to an aromatic ring is 1. The number of hydrogen-bond donors (Lipinski definition) is 2. The molecule has 0 spiro atoms. The number of ether oxygens (including phenoxy) is 2. The van der Waals surface area contributed by atoms with Crippen molar-refractivity contribution in [2.24, 2.45) is 11.3 Å². The summed E-state index contributed by atoms with van der Waals surface area (Å²) >= 11 is 0. The molecule has 31 heavy (non-hydrogen) atoms. The molecule has 5 atom stereocenters. The van der Waals surface area contributed by atoms with Gasteiger partial charge in [-0.3, -0.25) is 13.9 Å². The van der Waals surface area contributed by atoms with Gasteiger partial charge in [0.15, 0.2) is 11.5 Å². The number of imidazole rings is 1. The lowest BCUT2D eigenvalue weighted by molar-refractivity contribution is -0.148. The number of anilines is 1. The lowest BCUT2D eigenvalue weighted by atomic mass is 9.99. The van der Waals surface area contributed by atoms with Gasteiger partial charge in [0.05, 0.1) is 25.6 Å². The Hall–Kier alpha value is -2.07. The molecule has 0 aliphatic carbocycles. The topological polar surface area (TPSA) is 143 Å². The van der Waals surface area contributed by atoms with Crippen LogP contribution in [0.25, 0.3) is 11.2 Å². The van der Waals surface area contributed by atoms with E-state index in [4.69, 9.17) is 19.7 Å². The van der Waals surface area contributed by atoms with Crippen LogP contribution in [-0.2, 0) is 23.4 Å². The van der Waals surface area contributed by atoms with E-state index in [-0.39, 0.29) is 36.9 Å². The Morgan fingerprint density at radius 3 is 2.87 bits per heavy atom. The van der Waals surface area contributed by atoms with Gasteiger partial charge in [-0.1, -0.05) is 27.7 Å². The van der Waals surface area contributed by atoms with E-state index in [2.05, 4.69) is 27.0 Å². The van der Waals surface area contributed by atoms with E-state index in [9.17, 15) is 9.36 Å². The molecular formula is C19H31N6O5P. The second-order valence-electron chi connectivity index (χ2n) is 9.08. The first-order valence-electron chi connectivity index (χ1n) is 10.2. The average Bonchev–Trinajstić information content (AvgIpc) is 3.27. The van der Waals surface area contributed by atoms with Gasteiger partial charge in [-0.25, -0.2) is 20.0 Å². The van der Waals surface area contributed by atoms with Crippen molar-refractivity contribution >= 4 is 31.1 Å². The molecular weight excluding hydrogens is 423 g/mol. The molecule has 3 rings (SSSR count). The molecule has 0 amide bonds. The van der Waals surface area contributed by atoms with Crippen molar-refractivity contribution in [2.45, 2.75) is 59.4 Å². The molecule has 12 heteroatoms. The Kier molecular flexibility index (Phi) is 7.31. The number of nitrogens with one attached hydrogen (secondary N) is 1. The maximum atomic E-state index is 12.3. The Morgan fingerprint density at radius 1 is 1.42 bits per heavy atom. The first-order valence-corrected chi connectivity index (χ1v) is 11.5. The fourth-order valence-electron chi connectivity index (χ4n) is 3.28. The van der Waals surface area contributed by atoms with Crippen molar-refractivity contribution in [3.63, 3.8) is 0 Å². The lowest BCUT2D eigenvalue weighted by Gasteiger charge is -2.20. The third-order valence-corrected chi connectivity index (χ3v) is 5.95. The lowest BCUT2D eigenvalue weighted by Crippen LogP contribution is -2.33. The number of carbonyl (C=O) groups excluding carboxylic acids is 1. The third-order valence-electron chi connectivity index (χ3n) is 4.85. The number of fused-ring (bicyclic) bond motifs is 1. The Bertz CT molecular complexity index is 946. The predicted molar refractivity (Wildman–Crippen MR) is 115 cm³/mol. The summed E-state index contributed by atoms with van der Waals surface area (Å²) in [6, 6.07) is -0.729. The molecule has 1 aliphatic heterocycles. The van der Waals surface area contributed by atoms with Crippen molar-refractivity contribution in [1.82, 2.24) is 24.6 Å². The fraction of sp³-hybridized carbons (Fsp3) is 0.684. The summed E-state index contributed by atoms with van der Waals surface area (Å²) in [6.07, 6.45) is 3.19. The minimum Gasteiger partial charge on any atom is -0.464 e. The fourth-order valence-corrected chi connectivity index (χ4v) is 4.17. The van der Waals surface area contributed by atoms with E-state index in [1.165, 1.54) is 6.33 Å². The maximum absolute atomic E-state index is 12.3. The first kappa shape index (κ1) is 23.6. The zero-order chi connectivity index (χ0) is 22.8. The van der Waals surface area contributed by atoms with E-state index in [1.54, 1.807) is 13.3 Å². The zero-order valence-electron chi connectivity index (χ0n) is 18.5. The highest BCUT2D eigenvalue weighted by atomic mass is 31.1. The van der Waals surface area contributed by atoms with Crippen molar-refractivity contribution in [3.8, 4) is 0 Å². The quantitative estimate of drug-likeness (QED) is 0.450. The van der Waals surface area contributed by atoms with Gasteiger partial charge >= 0.3 is 5.97 Å². The summed E-state index contributed by atoms with van der Waals surface area (Å²) in [5.74, 6) is 0.00815. The summed E-state index contributed by atoms with van der Waals surface area (Å²) in [6.45, 7) is 9.97. The molecule has 2 aromatic heterocycles. The molecule has 1 saturated heterocycles. The van der Waals surface area contributed by atoms with Gasteiger partial charge in [0, 0.05) is 5.92 Å². The Balaban J connectivity index is 1.50. The molecule has 1 aliphatic rings. The van der Waals surface area contributed by atoms with Crippen molar-refractivity contribution in [3.05, 3.63) is 12.7 Å². The van der Waals surface area contributed by atoms with E-state index in [0.717, 1.165) is 0 Å². The van der Waals surface area contributed by atoms with E-state index < -0.39 is 20.2 Å². The molecule has 3 N–H and O–H groups in total. The number of hydrogen-bond acceptors (Lipinski definition) is 9. The second kappa shape index (κ2) is 9.60. The number of nitrogens with two attached hydrogens (primary N) is 1. The number of esters is 1. The minimum atomic E-state index is -2.64. The van der Waals surface area contributed by atoms with Crippen LogP contribution in [0.1, 0.15) is 47.3 Å². The van der Waals surface area contributed by atoms with Crippen LogP contribution in [0.5, 0.6) is 0 Å². The standard InChI is InChI=1S/C19H31N6O5P/c1-11-6-13(7-29-31(27)24-12(2)18(26)28-8-19(3,4)5)30-17(11)25-10-23-14-15(20)21-9-22-16(14)25/h9-13,17,31H,6-8H2,1-5H3,(H,24,27)(H2,20,21,22)/t11-,12+,13-,17+/m0/s1. The summed E-state index contributed by atoms with van der Waals surface area (Å²) < 4.78 is 30.9. The van der Waals surface area contributed by atoms with Crippen molar-refractivity contribution < 1.29 is 23.4 Å². The summed E-state index contributed by atoms with van der Waals surface area (Å²) in [7, 11) is -2.64. The molecule has 0 bridgehead atoms. The van der Waals surface area contributed by atoms with Gasteiger partial charge in [-0.15, -0.1) is 0 Å². The SMILES string of the molecule is C[C@@H](N[PH](=O)OC[C@@H]1C[C@H](C)[C@H](n2cnc3c(N)ncnc32)O1)C(=O)OCC(C)(C)C. The molecule has 0 radical (unpaired) electrons. The number of rotatable bonds is 8. The van der Waals surface area contributed by atoms with E-state index in [0.29, 0.717) is 23.4 Å². The molecule has 11 nitrogen and oxygen atoms in total. The normalized spacial score (nSPS) is 23.7. The molecule has 2 aromatic rings. The first-order chi connectivity index (χ1) is 14.5. The van der Waals surface area contributed by atoms with Crippen LogP contribution in [0.2, 0.25) is 0 Å². The Morgan fingerprint density at radius 2 is 2.16 bits per heavy atom. The minimum absolute atomic E-state index is 0.136. The molecule has 1 fully saturated rings. The molecule has 0 saturated carbocycles. The van der Waals surface area contributed by atoms with Gasteiger partial charge in [0.25, 0.3) is 8.18 Å². The highest BCUT2D eigenvalue weighted by Crippen LogP contribution is 2.37. The van der Waals surface area contributed by atoms with Crippen molar-refractivity contribution in [2.75, 3.05) is 18.9 Å². The van der Waals surface area contributed by atoms with Crippen LogP contribution < -0.4 is 10.8 Å². The van der Waals surface area contributed by atoms with E-state index in [1.807, 2.05) is 25.3 Å². The van der Waals surface area contributed by atoms with Gasteiger partial charge in [0.2, 0.25) is 0 Å². The maximum Gasteiger partial charge on any atom is 0.323 e. The number of carbonyl (C=O) groups is 1. The molecule has 3 heterocycles. The number of nitrogens with zero attached hydrogens (tertiary/aromatic N) is 4. The molecule has 1 unspecified atom stereocenters. The summed E-state index contributed by atoms with van der Waals surface area (Å²) in [5, 5.41) is 2.67. The van der Waals surface area contributed by atoms with Crippen molar-refractivity contribution in [1.29, 1.82) is 0 Å². The number of aromatic nitrogens is 4. The smallest absolute Gasteiger partial charge is 0.323 e. The zero-order valence-corrected chi connectivity index (χ0v) is 19.5. The van der Waals surface area contributed by atoms with Gasteiger partial charge in [0.1, 0.15) is 24.1 Å². The Labute approximate surface area is 182 Å². The third kappa shape index (κ3) is 6.00. The van der Waals surface area contributed by atoms with Gasteiger partial charge < -0.3 is 19.7 Å². The van der Waals surface area contributed by atoms with Crippen LogP contribution in [0.3, 0.4) is 0 Å². The summed E-state index contributed by atoms with van der Waals surface area (Å²) in [4.78, 5) is 24.5. The van der Waals surface area contributed by atoms with Gasteiger partial charge in [-0.05, 0) is 18.8 Å². The predicted octanol–water partition coefficient (Wildman–Crippen LogP) is 2.31. The van der Waals surface area contributed by atoms with Crippen LogP contribution in [0, 0.1) is 11.3 Å². The highest BCUT2D eigenvalue weighted by Gasteiger charge is 2.35. The van der Waals surface area contributed by atoms with Gasteiger partial charge in [-0.2, -0.15) is 0 Å². The van der Waals surface area contributed by atoms with E-state index >= 15 is 0 Å². The van der Waals surface area contributed by atoms with Crippen LogP contribution in [0.4, 0.5) is 5.82 Å². The van der Waals surface area contributed by atoms with Crippen LogP contribution in [-0.4, -0.2) is 50.8 Å². The average molecular weight is 454 g/mol. The molecule has 172 valence electrons. The highest BCUT2D eigenvalue weighted by molar-refractivity contribution is 7.36. The summed E-state index contributed by atoms with van der Waals surface area (Å²) in [5.41, 5.74) is 6.84. The van der Waals surface area contributed by atoms with Crippen LogP contribution in [0.15, 0.2) is 12.7 Å². The van der Waals surface area contributed by atoms with Crippen LogP contribution >= 0.6 is 8.18 Å². The second-order valence-corrected chi connectivity index (χ2v) is 10.2. The molecule has 0 aromatic carbocycles.